The van der Waals surface area contributed by atoms with E-state index in [0.29, 0.717) is 6.04 Å². The number of nitrogens with zero attached hydrogens (tertiary/aromatic N) is 4. The SMILES string of the molecule is CCC(C)NC(=NC)NCCCc1nnc2n1CCCCC2. The number of hydrogen-bond donors (Lipinski definition) is 2. The maximum atomic E-state index is 4.38. The van der Waals surface area contributed by atoms with E-state index >= 15 is 0 Å². The van der Waals surface area contributed by atoms with Crippen LogP contribution < -0.4 is 10.6 Å². The Bertz CT molecular complexity index is 479. The minimum absolute atomic E-state index is 0.443. The predicted octanol–water partition coefficient (Wildman–Crippen LogP) is 1.90. The highest BCUT2D eigenvalue weighted by molar-refractivity contribution is 5.79. The number of rotatable bonds is 6. The van der Waals surface area contributed by atoms with Crippen LogP contribution in [0.5, 0.6) is 0 Å². The zero-order valence-corrected chi connectivity index (χ0v) is 14.2. The van der Waals surface area contributed by atoms with Crippen molar-refractivity contribution in [3.63, 3.8) is 0 Å². The summed E-state index contributed by atoms with van der Waals surface area (Å²) in [7, 11) is 1.82. The summed E-state index contributed by atoms with van der Waals surface area (Å²) in [5.41, 5.74) is 0. The third-order valence-corrected chi connectivity index (χ3v) is 4.27. The molecule has 22 heavy (non-hydrogen) atoms. The molecule has 6 heteroatoms. The van der Waals surface area contributed by atoms with E-state index < -0.39 is 0 Å². The Morgan fingerprint density at radius 1 is 1.32 bits per heavy atom. The van der Waals surface area contributed by atoms with E-state index in [1.807, 2.05) is 7.05 Å². The molecule has 2 heterocycles. The van der Waals surface area contributed by atoms with Gasteiger partial charge in [-0.3, -0.25) is 4.99 Å². The number of fused-ring (bicyclic) bond motifs is 1. The van der Waals surface area contributed by atoms with Gasteiger partial charge in [0.15, 0.2) is 5.96 Å². The van der Waals surface area contributed by atoms with E-state index in [2.05, 4.69) is 44.2 Å². The topological polar surface area (TPSA) is 67.1 Å². The van der Waals surface area contributed by atoms with Crippen LogP contribution in [0.1, 0.15) is 57.6 Å². The highest BCUT2D eigenvalue weighted by Gasteiger charge is 2.14. The Hall–Kier alpha value is -1.59. The van der Waals surface area contributed by atoms with Crippen LogP contribution in [0.3, 0.4) is 0 Å². The van der Waals surface area contributed by atoms with Crippen LogP contribution in [-0.2, 0) is 19.4 Å². The molecule has 0 bridgehead atoms. The number of hydrogen-bond acceptors (Lipinski definition) is 3. The largest absolute Gasteiger partial charge is 0.356 e. The molecule has 1 atom stereocenters. The maximum absolute atomic E-state index is 4.38. The van der Waals surface area contributed by atoms with E-state index in [-0.39, 0.29) is 0 Å². The highest BCUT2D eigenvalue weighted by Crippen LogP contribution is 2.15. The first kappa shape index (κ1) is 16.8. The molecule has 1 unspecified atom stereocenters. The van der Waals surface area contributed by atoms with Gasteiger partial charge in [-0.05, 0) is 32.6 Å². The zero-order valence-electron chi connectivity index (χ0n) is 14.2. The van der Waals surface area contributed by atoms with Gasteiger partial charge in [-0.25, -0.2) is 0 Å². The van der Waals surface area contributed by atoms with Gasteiger partial charge in [0.25, 0.3) is 0 Å². The summed E-state index contributed by atoms with van der Waals surface area (Å²) >= 11 is 0. The van der Waals surface area contributed by atoms with Crippen LogP contribution in [0.25, 0.3) is 0 Å². The van der Waals surface area contributed by atoms with Crippen molar-refractivity contribution in [3.8, 4) is 0 Å². The van der Waals surface area contributed by atoms with E-state index in [0.717, 1.165) is 50.6 Å². The second-order valence-corrected chi connectivity index (χ2v) is 6.05. The van der Waals surface area contributed by atoms with E-state index in [1.54, 1.807) is 0 Å². The molecule has 1 aliphatic heterocycles. The molecule has 0 fully saturated rings. The first-order valence-electron chi connectivity index (χ1n) is 8.62. The Labute approximate surface area is 133 Å². The van der Waals surface area contributed by atoms with E-state index in [4.69, 9.17) is 0 Å². The van der Waals surface area contributed by atoms with Crippen molar-refractivity contribution >= 4 is 5.96 Å². The van der Waals surface area contributed by atoms with Crippen LogP contribution in [0.4, 0.5) is 0 Å². The zero-order chi connectivity index (χ0) is 15.8. The molecule has 0 amide bonds. The van der Waals surface area contributed by atoms with Crippen LogP contribution >= 0.6 is 0 Å². The summed E-state index contributed by atoms with van der Waals surface area (Å²) in [5, 5.41) is 15.5. The van der Waals surface area contributed by atoms with Crippen molar-refractivity contribution in [1.82, 2.24) is 25.4 Å². The molecular formula is C16H30N6. The molecule has 0 spiro atoms. The normalized spacial score (nSPS) is 16.8. The molecule has 0 radical (unpaired) electrons. The van der Waals surface area contributed by atoms with Gasteiger partial charge in [0, 0.05) is 39.0 Å². The van der Waals surface area contributed by atoms with Crippen LogP contribution in [0, 0.1) is 0 Å². The van der Waals surface area contributed by atoms with Gasteiger partial charge < -0.3 is 15.2 Å². The first-order chi connectivity index (χ1) is 10.7. The molecular weight excluding hydrogens is 276 g/mol. The predicted molar refractivity (Wildman–Crippen MR) is 90.1 cm³/mol. The maximum Gasteiger partial charge on any atom is 0.191 e. The van der Waals surface area contributed by atoms with Crippen molar-refractivity contribution in [2.75, 3.05) is 13.6 Å². The van der Waals surface area contributed by atoms with Crippen LogP contribution in [0.2, 0.25) is 0 Å². The fraction of sp³-hybridized carbons (Fsp3) is 0.812. The molecule has 1 aromatic heterocycles. The molecule has 0 saturated heterocycles. The lowest BCUT2D eigenvalue weighted by molar-refractivity contribution is 0.590. The summed E-state index contributed by atoms with van der Waals surface area (Å²) in [6, 6.07) is 0.443. The van der Waals surface area contributed by atoms with Gasteiger partial charge in [-0.2, -0.15) is 0 Å². The average molecular weight is 306 g/mol. The van der Waals surface area contributed by atoms with E-state index in [9.17, 15) is 0 Å². The quantitative estimate of drug-likeness (QED) is 0.478. The third-order valence-electron chi connectivity index (χ3n) is 4.27. The molecule has 2 N–H and O–H groups in total. The van der Waals surface area contributed by atoms with Gasteiger partial charge in [0.2, 0.25) is 0 Å². The van der Waals surface area contributed by atoms with Gasteiger partial charge >= 0.3 is 0 Å². The average Bonchev–Trinajstić information content (AvgIpc) is 2.77. The Kier molecular flexibility index (Phi) is 6.68. The smallest absolute Gasteiger partial charge is 0.191 e. The van der Waals surface area contributed by atoms with Gasteiger partial charge in [-0.15, -0.1) is 10.2 Å². The molecule has 1 aliphatic rings. The fourth-order valence-corrected chi connectivity index (χ4v) is 2.71. The number of aliphatic imine (C=N–C) groups is 1. The molecule has 6 nitrogen and oxygen atoms in total. The lowest BCUT2D eigenvalue weighted by Crippen LogP contribution is -2.42. The molecule has 0 aromatic carbocycles. The summed E-state index contributed by atoms with van der Waals surface area (Å²) in [5.74, 6) is 3.20. The summed E-state index contributed by atoms with van der Waals surface area (Å²) in [6.07, 6.45) is 7.99. The molecule has 2 rings (SSSR count). The number of aryl methyl sites for hydroxylation is 2. The molecule has 0 aliphatic carbocycles. The third kappa shape index (κ3) is 4.71. The van der Waals surface area contributed by atoms with Crippen LogP contribution in [0.15, 0.2) is 4.99 Å². The summed E-state index contributed by atoms with van der Waals surface area (Å²) in [6.45, 7) is 6.32. The lowest BCUT2D eigenvalue weighted by Gasteiger charge is -2.16. The highest BCUT2D eigenvalue weighted by atomic mass is 15.3. The minimum Gasteiger partial charge on any atom is -0.356 e. The summed E-state index contributed by atoms with van der Waals surface area (Å²) in [4.78, 5) is 4.25. The Balaban J connectivity index is 1.76. The Morgan fingerprint density at radius 3 is 2.95 bits per heavy atom. The second-order valence-electron chi connectivity index (χ2n) is 6.05. The first-order valence-corrected chi connectivity index (χ1v) is 8.62. The lowest BCUT2D eigenvalue weighted by atomic mass is 10.2. The van der Waals surface area contributed by atoms with Gasteiger partial charge in [0.05, 0.1) is 0 Å². The van der Waals surface area contributed by atoms with Crippen LogP contribution in [-0.4, -0.2) is 40.4 Å². The Morgan fingerprint density at radius 2 is 2.18 bits per heavy atom. The number of nitrogens with one attached hydrogen (secondary N) is 2. The number of guanidine groups is 1. The standard InChI is InChI=1S/C16H30N6/c1-4-13(2)19-16(17-3)18-11-8-10-15-21-20-14-9-6-5-7-12-22(14)15/h13H,4-12H2,1-3H3,(H2,17,18,19). The fourth-order valence-electron chi connectivity index (χ4n) is 2.71. The second kappa shape index (κ2) is 8.76. The monoisotopic (exact) mass is 306 g/mol. The number of aromatic nitrogens is 3. The van der Waals surface area contributed by atoms with Gasteiger partial charge in [-0.1, -0.05) is 13.3 Å². The van der Waals surface area contributed by atoms with Crippen molar-refractivity contribution in [2.24, 2.45) is 4.99 Å². The minimum atomic E-state index is 0.443. The van der Waals surface area contributed by atoms with Crippen molar-refractivity contribution in [1.29, 1.82) is 0 Å². The van der Waals surface area contributed by atoms with Crippen molar-refractivity contribution < 1.29 is 0 Å². The summed E-state index contributed by atoms with van der Waals surface area (Å²) < 4.78 is 2.33. The van der Waals surface area contributed by atoms with Gasteiger partial charge in [0.1, 0.15) is 11.6 Å². The molecule has 0 saturated carbocycles. The molecule has 124 valence electrons. The van der Waals surface area contributed by atoms with Crippen molar-refractivity contribution in [3.05, 3.63) is 11.6 Å². The van der Waals surface area contributed by atoms with E-state index in [1.165, 1.54) is 25.1 Å². The molecule has 1 aromatic rings. The van der Waals surface area contributed by atoms with Crippen molar-refractivity contribution in [2.45, 2.75) is 71.4 Å².